The molecule has 53 heavy (non-hydrogen) atoms. The first-order chi connectivity index (χ1) is 26.2. The van der Waals surface area contributed by atoms with Crippen LogP contribution in [-0.4, -0.2) is 15.0 Å². The zero-order chi connectivity index (χ0) is 34.9. The van der Waals surface area contributed by atoms with E-state index in [1.165, 1.54) is 33.0 Å². The summed E-state index contributed by atoms with van der Waals surface area (Å²) < 4.78 is 6.62. The van der Waals surface area contributed by atoms with Gasteiger partial charge in [-0.15, -0.1) is 0 Å². The van der Waals surface area contributed by atoms with Crippen molar-refractivity contribution in [1.29, 1.82) is 0 Å². The van der Waals surface area contributed by atoms with Crippen molar-refractivity contribution < 1.29 is 4.42 Å². The monoisotopic (exact) mass is 675 g/mol. The molecule has 10 aromatic rings. The van der Waals surface area contributed by atoms with Gasteiger partial charge in [-0.1, -0.05) is 146 Å². The summed E-state index contributed by atoms with van der Waals surface area (Å²) in [6.07, 6.45) is 0. The molecule has 0 saturated carbocycles. The standard InChI is InChI=1S/C49H29N3O/c1-3-12-30(13-4-1)33-18-7-20-35(26-33)47-50-48(36-21-8-19-34(27-36)31-14-5-2-6-15-31)52-49(51-47)39-24-11-25-43-46(39)42-28-40-37-22-9-16-32-17-10-23-38(45(32)37)41(40)29-44(42)53-43/h1-29H. The summed E-state index contributed by atoms with van der Waals surface area (Å²) in [5.41, 5.74) is 13.8. The van der Waals surface area contributed by atoms with E-state index in [0.717, 1.165) is 60.9 Å². The summed E-state index contributed by atoms with van der Waals surface area (Å²) in [5, 5.41) is 4.58. The molecule has 0 aliphatic heterocycles. The fraction of sp³-hybridized carbons (Fsp3) is 0. The van der Waals surface area contributed by atoms with Crippen molar-refractivity contribution in [3.8, 4) is 78.7 Å². The highest BCUT2D eigenvalue weighted by molar-refractivity contribution is 6.20. The van der Waals surface area contributed by atoms with E-state index < -0.39 is 0 Å². The molecule has 2 aromatic heterocycles. The Balaban J connectivity index is 1.14. The number of hydrogen-bond donors (Lipinski definition) is 0. The van der Waals surface area contributed by atoms with E-state index in [1.54, 1.807) is 0 Å². The molecule has 0 fully saturated rings. The number of fused-ring (bicyclic) bond motifs is 6. The van der Waals surface area contributed by atoms with E-state index in [9.17, 15) is 0 Å². The zero-order valence-electron chi connectivity index (χ0n) is 28.5. The van der Waals surface area contributed by atoms with Gasteiger partial charge in [-0.25, -0.2) is 15.0 Å². The molecule has 0 radical (unpaired) electrons. The van der Waals surface area contributed by atoms with Crippen LogP contribution in [0.4, 0.5) is 0 Å². The third kappa shape index (κ3) is 4.80. The molecule has 0 bridgehead atoms. The van der Waals surface area contributed by atoms with Crippen LogP contribution in [0.2, 0.25) is 0 Å². The topological polar surface area (TPSA) is 51.8 Å². The van der Waals surface area contributed by atoms with E-state index in [4.69, 9.17) is 19.4 Å². The SMILES string of the molecule is c1ccc(-c2cccc(-c3nc(-c4cccc(-c5ccccc5)c4)nc(-c4cccc5oc6cc7c(cc6c45)-c4cccc5cccc-7c45)n3)c2)cc1. The van der Waals surface area contributed by atoms with E-state index in [-0.39, 0.29) is 0 Å². The molecular formula is C49H29N3O. The van der Waals surface area contributed by atoms with Crippen LogP contribution < -0.4 is 0 Å². The van der Waals surface area contributed by atoms with Gasteiger partial charge >= 0.3 is 0 Å². The Bertz CT molecular complexity index is 2950. The largest absolute Gasteiger partial charge is 0.456 e. The Morgan fingerprint density at radius 2 is 0.792 bits per heavy atom. The Hall–Kier alpha value is -7.17. The van der Waals surface area contributed by atoms with Crippen LogP contribution in [0.15, 0.2) is 180 Å². The molecule has 1 aliphatic carbocycles. The second kappa shape index (κ2) is 11.7. The molecule has 11 rings (SSSR count). The molecule has 0 atom stereocenters. The molecule has 0 N–H and O–H groups in total. The first-order valence-corrected chi connectivity index (χ1v) is 17.9. The van der Waals surface area contributed by atoms with E-state index >= 15 is 0 Å². The normalized spacial score (nSPS) is 11.8. The average molecular weight is 676 g/mol. The number of aromatic nitrogens is 3. The fourth-order valence-corrected chi connectivity index (χ4v) is 7.99. The minimum atomic E-state index is 0.597. The first-order valence-electron chi connectivity index (χ1n) is 17.9. The van der Waals surface area contributed by atoms with E-state index in [0.29, 0.717) is 17.5 Å². The van der Waals surface area contributed by atoms with Gasteiger partial charge in [0.1, 0.15) is 11.2 Å². The predicted octanol–water partition coefficient (Wildman–Crippen LogP) is 12.9. The smallest absolute Gasteiger partial charge is 0.164 e. The third-order valence-electron chi connectivity index (χ3n) is 10.5. The lowest BCUT2D eigenvalue weighted by molar-refractivity contribution is 0.669. The Kier molecular flexibility index (Phi) is 6.52. The molecule has 4 heteroatoms. The average Bonchev–Trinajstić information content (AvgIpc) is 3.76. The van der Waals surface area contributed by atoms with Crippen molar-refractivity contribution in [3.05, 3.63) is 176 Å². The van der Waals surface area contributed by atoms with Gasteiger partial charge in [-0.05, 0) is 85.6 Å². The zero-order valence-corrected chi connectivity index (χ0v) is 28.5. The van der Waals surface area contributed by atoms with Gasteiger partial charge in [-0.2, -0.15) is 0 Å². The summed E-state index contributed by atoms with van der Waals surface area (Å²) in [5.74, 6) is 1.82. The summed E-state index contributed by atoms with van der Waals surface area (Å²) in [6.45, 7) is 0. The van der Waals surface area contributed by atoms with Gasteiger partial charge < -0.3 is 4.42 Å². The third-order valence-corrected chi connectivity index (χ3v) is 10.5. The van der Waals surface area contributed by atoms with Crippen LogP contribution in [0, 0.1) is 0 Å². The summed E-state index contributed by atoms with van der Waals surface area (Å²) in [6, 6.07) is 61.4. The van der Waals surface area contributed by atoms with Crippen LogP contribution in [-0.2, 0) is 0 Å². The molecule has 0 unspecified atom stereocenters. The fourth-order valence-electron chi connectivity index (χ4n) is 7.99. The van der Waals surface area contributed by atoms with Gasteiger partial charge in [0.15, 0.2) is 17.5 Å². The maximum absolute atomic E-state index is 6.62. The van der Waals surface area contributed by atoms with Crippen molar-refractivity contribution in [1.82, 2.24) is 15.0 Å². The predicted molar refractivity (Wildman–Crippen MR) is 216 cm³/mol. The van der Waals surface area contributed by atoms with Gasteiger partial charge in [0.25, 0.3) is 0 Å². The van der Waals surface area contributed by atoms with Gasteiger partial charge in [0, 0.05) is 27.5 Å². The van der Waals surface area contributed by atoms with Crippen LogP contribution in [0.25, 0.3) is 111 Å². The summed E-state index contributed by atoms with van der Waals surface area (Å²) in [7, 11) is 0. The highest BCUT2D eigenvalue weighted by Gasteiger charge is 2.25. The lowest BCUT2D eigenvalue weighted by Gasteiger charge is -2.11. The first kappa shape index (κ1) is 29.5. The molecule has 1 aliphatic rings. The molecule has 0 spiro atoms. The highest BCUT2D eigenvalue weighted by Crippen LogP contribution is 2.50. The summed E-state index contributed by atoms with van der Waals surface area (Å²) in [4.78, 5) is 15.6. The molecule has 8 aromatic carbocycles. The number of furan rings is 1. The van der Waals surface area contributed by atoms with E-state index in [2.05, 4.69) is 152 Å². The van der Waals surface area contributed by atoms with Crippen LogP contribution in [0.3, 0.4) is 0 Å². The second-order valence-electron chi connectivity index (χ2n) is 13.6. The van der Waals surface area contributed by atoms with Crippen molar-refractivity contribution in [2.75, 3.05) is 0 Å². The minimum Gasteiger partial charge on any atom is -0.456 e. The van der Waals surface area contributed by atoms with Crippen molar-refractivity contribution in [2.45, 2.75) is 0 Å². The lowest BCUT2D eigenvalue weighted by Crippen LogP contribution is -2.00. The maximum atomic E-state index is 6.62. The van der Waals surface area contributed by atoms with Gasteiger partial charge in [-0.3, -0.25) is 0 Å². The number of hydrogen-bond acceptors (Lipinski definition) is 4. The van der Waals surface area contributed by atoms with Crippen molar-refractivity contribution in [3.63, 3.8) is 0 Å². The Morgan fingerprint density at radius 1 is 0.302 bits per heavy atom. The number of nitrogens with zero attached hydrogens (tertiary/aromatic N) is 3. The van der Waals surface area contributed by atoms with E-state index in [1.807, 2.05) is 24.3 Å². The van der Waals surface area contributed by atoms with Gasteiger partial charge in [0.05, 0.1) is 0 Å². The Morgan fingerprint density at radius 3 is 1.42 bits per heavy atom. The van der Waals surface area contributed by atoms with Crippen molar-refractivity contribution >= 4 is 32.7 Å². The van der Waals surface area contributed by atoms with Crippen molar-refractivity contribution in [2.24, 2.45) is 0 Å². The summed E-state index contributed by atoms with van der Waals surface area (Å²) >= 11 is 0. The molecule has 4 nitrogen and oxygen atoms in total. The molecule has 246 valence electrons. The van der Waals surface area contributed by atoms with Gasteiger partial charge in [0.2, 0.25) is 0 Å². The second-order valence-corrected chi connectivity index (χ2v) is 13.6. The van der Waals surface area contributed by atoms with Crippen LogP contribution in [0.5, 0.6) is 0 Å². The van der Waals surface area contributed by atoms with Crippen LogP contribution in [0.1, 0.15) is 0 Å². The highest BCUT2D eigenvalue weighted by atomic mass is 16.3. The number of rotatable bonds is 5. The Labute approximate surface area is 305 Å². The lowest BCUT2D eigenvalue weighted by atomic mass is 9.99. The molecular weight excluding hydrogens is 647 g/mol. The maximum Gasteiger partial charge on any atom is 0.164 e. The molecule has 0 saturated heterocycles. The quantitative estimate of drug-likeness (QED) is 0.182. The molecule has 2 heterocycles. The van der Waals surface area contributed by atoms with Crippen LogP contribution >= 0.6 is 0 Å². The number of benzene rings is 8. The minimum absolute atomic E-state index is 0.597. The molecule has 0 amide bonds.